The molecule has 0 spiro atoms. The number of nitrogens with zero attached hydrogens (tertiary/aromatic N) is 2. The van der Waals surface area contributed by atoms with E-state index in [1.165, 1.54) is 70.0 Å². The number of hydrogen-bond donors (Lipinski definition) is 1. The molecule has 1 rings (SSSR count). The summed E-state index contributed by atoms with van der Waals surface area (Å²) in [6.07, 6.45) is 19.3. The van der Waals surface area contributed by atoms with E-state index in [-0.39, 0.29) is 0 Å². The molecule has 0 amide bonds. The first-order valence-corrected chi connectivity index (χ1v) is 9.51. The highest BCUT2D eigenvalue weighted by Crippen LogP contribution is 2.13. The lowest BCUT2D eigenvalue weighted by Crippen LogP contribution is -2.32. The van der Waals surface area contributed by atoms with Crippen LogP contribution >= 0.6 is 0 Å². The van der Waals surface area contributed by atoms with Gasteiger partial charge >= 0.3 is 0 Å². The number of rotatable bonds is 14. The minimum atomic E-state index is 0.743. The van der Waals surface area contributed by atoms with E-state index in [1.807, 2.05) is 0 Å². The summed E-state index contributed by atoms with van der Waals surface area (Å²) in [5.41, 5.74) is 5.64. The van der Waals surface area contributed by atoms with Gasteiger partial charge in [0.15, 0.2) is 0 Å². The molecule has 0 radical (unpaired) electrons. The summed E-state index contributed by atoms with van der Waals surface area (Å²) in [6, 6.07) is 0. The van der Waals surface area contributed by atoms with Crippen molar-refractivity contribution in [2.75, 3.05) is 26.2 Å². The molecule has 3 heteroatoms. The van der Waals surface area contributed by atoms with Gasteiger partial charge in [-0.05, 0) is 25.7 Å². The average Bonchev–Trinajstić information content (AvgIpc) is 2.96. The topological polar surface area (TPSA) is 41.6 Å². The normalized spacial score (nSPS) is 15.0. The third kappa shape index (κ3) is 9.24. The molecule has 0 aliphatic carbocycles. The van der Waals surface area contributed by atoms with Crippen molar-refractivity contribution in [2.24, 2.45) is 10.7 Å². The van der Waals surface area contributed by atoms with Gasteiger partial charge < -0.3 is 10.6 Å². The molecule has 1 heterocycles. The fourth-order valence-electron chi connectivity index (χ4n) is 3.05. The molecule has 1 aliphatic rings. The van der Waals surface area contributed by atoms with Crippen molar-refractivity contribution in [1.29, 1.82) is 0 Å². The van der Waals surface area contributed by atoms with E-state index in [1.54, 1.807) is 0 Å². The predicted octanol–water partition coefficient (Wildman–Crippen LogP) is 4.53. The zero-order valence-electron chi connectivity index (χ0n) is 14.7. The van der Waals surface area contributed by atoms with Crippen LogP contribution < -0.4 is 5.73 Å². The Kier molecular flexibility index (Phi) is 12.1. The molecule has 3 nitrogen and oxygen atoms in total. The molecule has 0 atom stereocenters. The SMILES string of the molecule is CC/C=C/CCCCCCCCCCC1=NCCN1CCN. The third-order valence-corrected chi connectivity index (χ3v) is 4.35. The molecule has 1 aliphatic heterocycles. The van der Waals surface area contributed by atoms with Crippen LogP contribution in [0.25, 0.3) is 0 Å². The molecule has 0 aromatic rings. The molecule has 0 saturated carbocycles. The van der Waals surface area contributed by atoms with Crippen molar-refractivity contribution in [3.05, 3.63) is 12.2 Å². The zero-order chi connectivity index (χ0) is 15.9. The lowest BCUT2D eigenvalue weighted by molar-refractivity contribution is 0.456. The van der Waals surface area contributed by atoms with Crippen LogP contribution in [0, 0.1) is 0 Å². The van der Waals surface area contributed by atoms with E-state index in [2.05, 4.69) is 29.0 Å². The average molecular weight is 308 g/mol. The van der Waals surface area contributed by atoms with Gasteiger partial charge in [-0.2, -0.15) is 0 Å². The van der Waals surface area contributed by atoms with Crippen LogP contribution in [0.1, 0.15) is 77.6 Å². The standard InChI is InChI=1S/C19H37N3/c1-2-3-4-5-6-7-8-9-10-11-12-13-14-19-21-16-18-22(19)17-15-20/h3-4H,2,5-18,20H2,1H3/b4-3+. The summed E-state index contributed by atoms with van der Waals surface area (Å²) in [5.74, 6) is 1.31. The molecule has 0 saturated heterocycles. The van der Waals surface area contributed by atoms with E-state index in [0.717, 1.165) is 32.6 Å². The second-order valence-corrected chi connectivity index (χ2v) is 6.32. The molecule has 0 aromatic carbocycles. The number of allylic oxidation sites excluding steroid dienone is 2. The van der Waals surface area contributed by atoms with Crippen LogP contribution in [0.3, 0.4) is 0 Å². The van der Waals surface area contributed by atoms with Crippen LogP contribution in [0.2, 0.25) is 0 Å². The lowest BCUT2D eigenvalue weighted by Gasteiger charge is -2.19. The van der Waals surface area contributed by atoms with Gasteiger partial charge in [-0.3, -0.25) is 4.99 Å². The Morgan fingerprint density at radius 1 is 1.00 bits per heavy atom. The predicted molar refractivity (Wildman–Crippen MR) is 98.5 cm³/mol. The Morgan fingerprint density at radius 2 is 1.68 bits per heavy atom. The van der Waals surface area contributed by atoms with Crippen LogP contribution in [0.15, 0.2) is 17.1 Å². The van der Waals surface area contributed by atoms with E-state index in [0.29, 0.717) is 0 Å². The quantitative estimate of drug-likeness (QED) is 0.378. The summed E-state index contributed by atoms with van der Waals surface area (Å²) in [6.45, 7) is 5.98. The van der Waals surface area contributed by atoms with Gasteiger partial charge in [0.1, 0.15) is 0 Å². The second-order valence-electron chi connectivity index (χ2n) is 6.32. The first-order chi connectivity index (χ1) is 10.9. The maximum absolute atomic E-state index is 5.64. The highest BCUT2D eigenvalue weighted by atomic mass is 15.2. The molecule has 2 N–H and O–H groups in total. The Morgan fingerprint density at radius 3 is 2.36 bits per heavy atom. The van der Waals surface area contributed by atoms with Crippen molar-refractivity contribution in [1.82, 2.24) is 4.90 Å². The highest BCUT2D eigenvalue weighted by molar-refractivity contribution is 5.83. The molecule has 0 aromatic heterocycles. The van der Waals surface area contributed by atoms with E-state index >= 15 is 0 Å². The van der Waals surface area contributed by atoms with Gasteiger partial charge in [-0.15, -0.1) is 0 Å². The van der Waals surface area contributed by atoms with Crippen molar-refractivity contribution in [2.45, 2.75) is 77.6 Å². The number of amidine groups is 1. The van der Waals surface area contributed by atoms with Crippen LogP contribution in [-0.4, -0.2) is 36.9 Å². The second kappa shape index (κ2) is 13.8. The third-order valence-electron chi connectivity index (χ3n) is 4.35. The largest absolute Gasteiger partial charge is 0.357 e. The molecule has 22 heavy (non-hydrogen) atoms. The van der Waals surface area contributed by atoms with Crippen molar-refractivity contribution >= 4 is 5.84 Å². The van der Waals surface area contributed by atoms with E-state index < -0.39 is 0 Å². The van der Waals surface area contributed by atoms with Crippen LogP contribution in [-0.2, 0) is 0 Å². The molecule has 128 valence electrons. The van der Waals surface area contributed by atoms with Crippen molar-refractivity contribution in [3.8, 4) is 0 Å². The zero-order valence-corrected chi connectivity index (χ0v) is 14.7. The fourth-order valence-corrected chi connectivity index (χ4v) is 3.05. The van der Waals surface area contributed by atoms with Crippen molar-refractivity contribution in [3.63, 3.8) is 0 Å². The minimum Gasteiger partial charge on any atom is -0.357 e. The van der Waals surface area contributed by atoms with E-state index in [9.17, 15) is 0 Å². The molecule has 0 fully saturated rings. The number of nitrogens with two attached hydrogens (primary N) is 1. The van der Waals surface area contributed by atoms with Gasteiger partial charge in [0.05, 0.1) is 12.4 Å². The van der Waals surface area contributed by atoms with Gasteiger partial charge in [-0.1, -0.05) is 57.6 Å². The van der Waals surface area contributed by atoms with Gasteiger partial charge in [0, 0.05) is 26.1 Å². The summed E-state index contributed by atoms with van der Waals surface area (Å²) in [7, 11) is 0. The Balaban J connectivity index is 1.85. The maximum atomic E-state index is 5.64. The summed E-state index contributed by atoms with van der Waals surface area (Å²) in [4.78, 5) is 6.97. The molecule has 0 bridgehead atoms. The number of unbranched alkanes of at least 4 members (excludes halogenated alkanes) is 8. The highest BCUT2D eigenvalue weighted by Gasteiger charge is 2.14. The summed E-state index contributed by atoms with van der Waals surface area (Å²) < 4.78 is 0. The maximum Gasteiger partial charge on any atom is 0.0990 e. The molecular formula is C19H37N3. The van der Waals surface area contributed by atoms with Gasteiger partial charge in [0.2, 0.25) is 0 Å². The Hall–Kier alpha value is -0.830. The lowest BCUT2D eigenvalue weighted by atomic mass is 10.1. The first kappa shape index (κ1) is 19.2. The minimum absolute atomic E-state index is 0.743. The monoisotopic (exact) mass is 307 g/mol. The van der Waals surface area contributed by atoms with E-state index in [4.69, 9.17) is 5.73 Å². The molecular weight excluding hydrogens is 270 g/mol. The number of aliphatic imine (C=N–C) groups is 1. The van der Waals surface area contributed by atoms with Gasteiger partial charge in [0.25, 0.3) is 0 Å². The van der Waals surface area contributed by atoms with Crippen LogP contribution in [0.4, 0.5) is 0 Å². The summed E-state index contributed by atoms with van der Waals surface area (Å²) >= 11 is 0. The van der Waals surface area contributed by atoms with Crippen molar-refractivity contribution < 1.29 is 0 Å². The Labute approximate surface area is 138 Å². The summed E-state index contributed by atoms with van der Waals surface area (Å²) in [5, 5.41) is 0. The van der Waals surface area contributed by atoms with Gasteiger partial charge in [-0.25, -0.2) is 0 Å². The smallest absolute Gasteiger partial charge is 0.0990 e. The first-order valence-electron chi connectivity index (χ1n) is 9.51. The number of hydrogen-bond acceptors (Lipinski definition) is 3. The Bertz CT molecular complexity index is 310. The molecule has 0 unspecified atom stereocenters. The van der Waals surface area contributed by atoms with Crippen LogP contribution in [0.5, 0.6) is 0 Å². The fraction of sp³-hybridized carbons (Fsp3) is 0.842.